The van der Waals surface area contributed by atoms with Crippen LogP contribution in [0.2, 0.25) is 5.02 Å². The summed E-state index contributed by atoms with van der Waals surface area (Å²) in [5.74, 6) is -1.07. The minimum absolute atomic E-state index is 0.0229. The number of carbonyl (C=O) groups is 1. The minimum Gasteiger partial charge on any atom is -0.462 e. The fourth-order valence-corrected chi connectivity index (χ4v) is 6.82. The van der Waals surface area contributed by atoms with Gasteiger partial charge in [0.15, 0.2) is 5.69 Å². The number of aliphatic hydroxyl groups is 1. The Morgan fingerprint density at radius 2 is 1.77 bits per heavy atom. The lowest BCUT2D eigenvalue weighted by molar-refractivity contribution is -0.145. The number of piperazine rings is 1. The fourth-order valence-electron chi connectivity index (χ4n) is 6.64. The molecule has 1 saturated heterocycles. The summed E-state index contributed by atoms with van der Waals surface area (Å²) >= 11 is 6.52. The second-order valence-corrected chi connectivity index (χ2v) is 12.2. The van der Waals surface area contributed by atoms with Crippen molar-refractivity contribution in [1.82, 2.24) is 14.7 Å². The molecular formula is C33H40ClF3N4O3. The quantitative estimate of drug-likeness (QED) is 0.272. The van der Waals surface area contributed by atoms with E-state index < -0.39 is 35.7 Å². The number of nitrogens with zero attached hydrogens (tertiary/aromatic N) is 4. The van der Waals surface area contributed by atoms with Gasteiger partial charge in [0.1, 0.15) is 11.8 Å². The first kappa shape index (κ1) is 32.3. The van der Waals surface area contributed by atoms with E-state index in [1.807, 2.05) is 23.1 Å². The number of benzene rings is 2. The number of alkyl halides is 3. The maximum Gasteiger partial charge on any atom is 0.433 e. The monoisotopic (exact) mass is 632 g/mol. The van der Waals surface area contributed by atoms with Gasteiger partial charge < -0.3 is 14.7 Å². The molecule has 1 aliphatic carbocycles. The highest BCUT2D eigenvalue weighted by Crippen LogP contribution is 2.43. The molecule has 0 radical (unpaired) electrons. The molecule has 5 rings (SSSR count). The zero-order valence-corrected chi connectivity index (χ0v) is 25.9. The second-order valence-electron chi connectivity index (χ2n) is 11.7. The molecule has 0 bridgehead atoms. The van der Waals surface area contributed by atoms with Gasteiger partial charge in [0.2, 0.25) is 0 Å². The Labute approximate surface area is 261 Å². The van der Waals surface area contributed by atoms with Gasteiger partial charge >= 0.3 is 12.1 Å². The van der Waals surface area contributed by atoms with Crippen molar-refractivity contribution in [3.63, 3.8) is 0 Å². The summed E-state index contributed by atoms with van der Waals surface area (Å²) in [6.07, 6.45) is 0.175. The highest BCUT2D eigenvalue weighted by molar-refractivity contribution is 6.30. The van der Waals surface area contributed by atoms with Crippen molar-refractivity contribution in [2.75, 3.05) is 37.7 Å². The van der Waals surface area contributed by atoms with Gasteiger partial charge in [0.05, 0.1) is 18.8 Å². The molecule has 238 valence electrons. The average molecular weight is 633 g/mol. The molecule has 2 fully saturated rings. The molecule has 2 heterocycles. The van der Waals surface area contributed by atoms with Gasteiger partial charge in [-0.05, 0) is 80.0 Å². The van der Waals surface area contributed by atoms with Crippen molar-refractivity contribution in [3.05, 3.63) is 70.5 Å². The van der Waals surface area contributed by atoms with E-state index in [2.05, 4.69) is 34.3 Å². The van der Waals surface area contributed by atoms with Crippen LogP contribution >= 0.6 is 11.6 Å². The summed E-state index contributed by atoms with van der Waals surface area (Å²) in [4.78, 5) is 16.8. The maximum atomic E-state index is 14.4. The zero-order valence-electron chi connectivity index (χ0n) is 25.2. The molecule has 2 aliphatic rings. The number of carbonyl (C=O) groups excluding carboxylic acids is 1. The molecule has 1 N–H and O–H groups in total. The van der Waals surface area contributed by atoms with Crippen molar-refractivity contribution < 1.29 is 27.8 Å². The summed E-state index contributed by atoms with van der Waals surface area (Å²) in [5, 5.41) is 14.6. The molecule has 3 unspecified atom stereocenters. The molecular weight excluding hydrogens is 593 g/mol. The summed E-state index contributed by atoms with van der Waals surface area (Å²) in [6.45, 7) is 6.55. The number of esters is 1. The Bertz CT molecular complexity index is 1420. The first-order valence-corrected chi connectivity index (χ1v) is 15.8. The second kappa shape index (κ2) is 13.9. The summed E-state index contributed by atoms with van der Waals surface area (Å²) in [5.41, 5.74) is 2.55. The van der Waals surface area contributed by atoms with E-state index in [0.717, 1.165) is 85.1 Å². The van der Waals surface area contributed by atoms with Crippen LogP contribution in [0.1, 0.15) is 85.9 Å². The minimum atomic E-state index is -4.76. The van der Waals surface area contributed by atoms with Crippen molar-refractivity contribution in [2.24, 2.45) is 0 Å². The van der Waals surface area contributed by atoms with Gasteiger partial charge in [0, 0.05) is 36.9 Å². The van der Waals surface area contributed by atoms with Gasteiger partial charge in [-0.2, -0.15) is 18.3 Å². The Morgan fingerprint density at radius 3 is 2.43 bits per heavy atom. The Balaban J connectivity index is 1.44. The number of aromatic nitrogens is 2. The van der Waals surface area contributed by atoms with E-state index >= 15 is 0 Å². The van der Waals surface area contributed by atoms with Gasteiger partial charge in [0.25, 0.3) is 0 Å². The largest absolute Gasteiger partial charge is 0.462 e. The van der Waals surface area contributed by atoms with Gasteiger partial charge in [-0.1, -0.05) is 49.1 Å². The first-order chi connectivity index (χ1) is 21.1. The molecule has 1 saturated carbocycles. The Kier molecular flexibility index (Phi) is 10.2. The van der Waals surface area contributed by atoms with Crippen molar-refractivity contribution >= 4 is 23.3 Å². The average Bonchev–Trinajstić information content (AvgIpc) is 3.44. The first-order valence-electron chi connectivity index (χ1n) is 15.5. The number of hydrogen-bond donors (Lipinski definition) is 1. The van der Waals surface area contributed by atoms with Crippen LogP contribution in [-0.4, -0.2) is 64.8 Å². The molecule has 2 aromatic carbocycles. The fraction of sp³-hybridized carbons (Fsp3) is 0.515. The third-order valence-electron chi connectivity index (χ3n) is 8.89. The highest BCUT2D eigenvalue weighted by atomic mass is 35.5. The van der Waals surface area contributed by atoms with Gasteiger partial charge in [-0.25, -0.2) is 4.79 Å². The molecule has 1 aromatic heterocycles. The molecule has 0 spiro atoms. The number of rotatable bonds is 7. The van der Waals surface area contributed by atoms with E-state index in [4.69, 9.17) is 16.3 Å². The van der Waals surface area contributed by atoms with Crippen molar-refractivity contribution in [1.29, 1.82) is 0 Å². The third kappa shape index (κ3) is 7.24. The van der Waals surface area contributed by atoms with Gasteiger partial charge in [-0.15, -0.1) is 0 Å². The van der Waals surface area contributed by atoms with E-state index in [9.17, 15) is 23.1 Å². The molecule has 3 aromatic rings. The lowest BCUT2D eigenvalue weighted by Gasteiger charge is -2.37. The molecule has 3 atom stereocenters. The topological polar surface area (TPSA) is 70.8 Å². The molecule has 44 heavy (non-hydrogen) atoms. The highest BCUT2D eigenvalue weighted by Gasteiger charge is 2.42. The molecule has 0 amide bonds. The SMILES string of the molecule is CCOC(=O)c1cnn(C2CCCCCC(c3cc(Cl)ccc3-c3ccc(N4CCN(C(C)O)CC4)cc3)C2)c1C(F)(F)F. The van der Waals surface area contributed by atoms with Crippen molar-refractivity contribution in [2.45, 2.75) is 76.7 Å². The Morgan fingerprint density at radius 1 is 1.07 bits per heavy atom. The number of halogens is 4. The van der Waals surface area contributed by atoms with Crippen LogP contribution in [0.3, 0.4) is 0 Å². The standard InChI is InChI=1S/C33H40ClF3N4O3/c1-3-44-32(43)30-21-38-41(31(30)33(35,36)37)27-8-6-4-5-7-24(19-27)29-20-25(34)11-14-28(29)23-9-12-26(13-10-23)40-17-15-39(16-18-40)22(2)42/h9-14,20-22,24,27,42H,3-8,15-19H2,1-2H3. The van der Waals surface area contributed by atoms with Crippen LogP contribution in [0.15, 0.2) is 48.7 Å². The number of hydrogen-bond acceptors (Lipinski definition) is 6. The van der Waals surface area contributed by atoms with Crippen LogP contribution in [-0.2, 0) is 10.9 Å². The van der Waals surface area contributed by atoms with Crippen LogP contribution in [0.4, 0.5) is 18.9 Å². The molecule has 1 aliphatic heterocycles. The lowest BCUT2D eigenvalue weighted by Crippen LogP contribution is -2.49. The van der Waals surface area contributed by atoms with Crippen LogP contribution in [0, 0.1) is 0 Å². The molecule has 11 heteroatoms. The predicted octanol–water partition coefficient (Wildman–Crippen LogP) is 7.54. The number of anilines is 1. The predicted molar refractivity (Wildman–Crippen MR) is 165 cm³/mol. The van der Waals surface area contributed by atoms with Crippen LogP contribution < -0.4 is 4.90 Å². The number of aliphatic hydroxyl groups excluding tert-OH is 1. The van der Waals surface area contributed by atoms with Gasteiger partial charge in [-0.3, -0.25) is 9.58 Å². The Hall–Kier alpha value is -3.08. The van der Waals surface area contributed by atoms with Crippen molar-refractivity contribution in [3.8, 4) is 11.1 Å². The van der Waals surface area contributed by atoms with Crippen LogP contribution in [0.5, 0.6) is 0 Å². The summed E-state index contributed by atoms with van der Waals surface area (Å²) in [6, 6.07) is 13.6. The molecule has 7 nitrogen and oxygen atoms in total. The number of ether oxygens (including phenoxy) is 1. The van der Waals surface area contributed by atoms with E-state index in [1.165, 1.54) is 0 Å². The van der Waals surface area contributed by atoms with E-state index in [0.29, 0.717) is 17.9 Å². The maximum absolute atomic E-state index is 14.4. The van der Waals surface area contributed by atoms with E-state index in [-0.39, 0.29) is 12.5 Å². The third-order valence-corrected chi connectivity index (χ3v) is 9.13. The summed E-state index contributed by atoms with van der Waals surface area (Å²) in [7, 11) is 0. The normalized spacial score (nSPS) is 21.0. The van der Waals surface area contributed by atoms with E-state index in [1.54, 1.807) is 13.8 Å². The lowest BCUT2D eigenvalue weighted by atomic mass is 9.80. The smallest absolute Gasteiger partial charge is 0.433 e. The van der Waals surface area contributed by atoms with Crippen LogP contribution in [0.25, 0.3) is 11.1 Å². The zero-order chi connectivity index (χ0) is 31.4. The summed E-state index contributed by atoms with van der Waals surface area (Å²) < 4.78 is 49.0.